The summed E-state index contributed by atoms with van der Waals surface area (Å²) in [6, 6.07) is 16.1. The SMILES string of the molecule is O=C([O-])/C=C/C(=O)O.c1ccc([NH2+]c2ccccn2)cc1. The molecule has 1 heterocycles. The van der Waals surface area contributed by atoms with Crippen LogP contribution in [0, 0.1) is 0 Å². The van der Waals surface area contributed by atoms with Crippen LogP contribution in [0.5, 0.6) is 0 Å². The van der Waals surface area contributed by atoms with E-state index in [1.807, 2.05) is 36.4 Å². The fourth-order valence-corrected chi connectivity index (χ4v) is 1.32. The fourth-order valence-electron chi connectivity index (χ4n) is 1.32. The number of carbonyl (C=O) groups excluding carboxylic acids is 1. The van der Waals surface area contributed by atoms with Crippen LogP contribution in [0.2, 0.25) is 0 Å². The lowest BCUT2D eigenvalue weighted by Crippen LogP contribution is -2.71. The van der Waals surface area contributed by atoms with Crippen LogP contribution in [0.25, 0.3) is 0 Å². The number of carboxylic acids is 2. The van der Waals surface area contributed by atoms with Gasteiger partial charge in [0, 0.05) is 18.3 Å². The zero-order chi connectivity index (χ0) is 15.5. The molecule has 0 aliphatic rings. The molecule has 6 heteroatoms. The molecular weight excluding hydrogens is 272 g/mol. The molecule has 0 saturated carbocycles. The Kier molecular flexibility index (Phi) is 6.89. The van der Waals surface area contributed by atoms with Gasteiger partial charge in [-0.15, -0.1) is 0 Å². The normalized spacial score (nSPS) is 9.71. The van der Waals surface area contributed by atoms with Crippen LogP contribution < -0.4 is 10.4 Å². The van der Waals surface area contributed by atoms with Crippen molar-refractivity contribution in [3.05, 3.63) is 66.9 Å². The van der Waals surface area contributed by atoms with Gasteiger partial charge in [-0.25, -0.2) is 9.78 Å². The number of pyridine rings is 1. The minimum Gasteiger partial charge on any atom is -0.545 e. The number of nitrogens with two attached hydrogens (primary N) is 1. The van der Waals surface area contributed by atoms with Crippen molar-refractivity contribution in [1.29, 1.82) is 0 Å². The average Bonchev–Trinajstić information content (AvgIpc) is 2.48. The summed E-state index contributed by atoms with van der Waals surface area (Å²) >= 11 is 0. The Morgan fingerprint density at radius 1 is 1.05 bits per heavy atom. The molecule has 0 atom stereocenters. The monoisotopic (exact) mass is 286 g/mol. The van der Waals surface area contributed by atoms with Crippen molar-refractivity contribution in [3.8, 4) is 0 Å². The first-order valence-electron chi connectivity index (χ1n) is 6.01. The number of aliphatic carboxylic acids is 2. The molecule has 1 aromatic carbocycles. The van der Waals surface area contributed by atoms with Crippen LogP contribution in [0.4, 0.5) is 11.5 Å². The summed E-state index contributed by atoms with van der Waals surface area (Å²) < 4.78 is 0. The van der Waals surface area contributed by atoms with Crippen molar-refractivity contribution in [1.82, 2.24) is 4.98 Å². The van der Waals surface area contributed by atoms with Crippen LogP contribution in [0.15, 0.2) is 66.9 Å². The Hall–Kier alpha value is -2.99. The van der Waals surface area contributed by atoms with Gasteiger partial charge in [-0.2, -0.15) is 0 Å². The molecule has 0 radical (unpaired) electrons. The van der Waals surface area contributed by atoms with Gasteiger partial charge in [0.25, 0.3) is 0 Å². The zero-order valence-electron chi connectivity index (χ0n) is 11.0. The molecule has 3 N–H and O–H groups in total. The van der Waals surface area contributed by atoms with Crippen molar-refractivity contribution < 1.29 is 25.1 Å². The van der Waals surface area contributed by atoms with Crippen molar-refractivity contribution in [3.63, 3.8) is 0 Å². The van der Waals surface area contributed by atoms with Gasteiger partial charge in [-0.1, -0.05) is 24.3 Å². The second-order valence-electron chi connectivity index (χ2n) is 3.80. The van der Waals surface area contributed by atoms with E-state index >= 15 is 0 Å². The number of quaternary nitrogens is 1. The van der Waals surface area contributed by atoms with Gasteiger partial charge < -0.3 is 15.0 Å². The Labute approximate surface area is 121 Å². The van der Waals surface area contributed by atoms with Crippen LogP contribution in [-0.2, 0) is 9.59 Å². The van der Waals surface area contributed by atoms with E-state index in [2.05, 4.69) is 22.4 Å². The third-order valence-corrected chi connectivity index (χ3v) is 2.16. The molecule has 2 aromatic rings. The van der Waals surface area contributed by atoms with Crippen LogP contribution in [0.1, 0.15) is 0 Å². The highest BCUT2D eigenvalue weighted by atomic mass is 16.4. The molecule has 0 spiro atoms. The maximum Gasteiger partial charge on any atom is 0.328 e. The van der Waals surface area contributed by atoms with Gasteiger partial charge in [0.1, 0.15) is 5.69 Å². The molecule has 0 fully saturated rings. The van der Waals surface area contributed by atoms with Crippen molar-refractivity contribution in [2.75, 3.05) is 0 Å². The molecule has 6 nitrogen and oxygen atoms in total. The van der Waals surface area contributed by atoms with E-state index in [-0.39, 0.29) is 0 Å². The zero-order valence-corrected chi connectivity index (χ0v) is 11.0. The molecule has 108 valence electrons. The van der Waals surface area contributed by atoms with Crippen LogP contribution in [0.3, 0.4) is 0 Å². The minimum absolute atomic E-state index is 0.447. The van der Waals surface area contributed by atoms with Gasteiger partial charge in [-0.3, -0.25) is 5.32 Å². The van der Waals surface area contributed by atoms with Gasteiger partial charge in [-0.05, 0) is 24.3 Å². The number of carbonyl (C=O) groups is 2. The number of carboxylic acid groups (broad SMARTS) is 2. The highest BCUT2D eigenvalue weighted by Crippen LogP contribution is 2.00. The highest BCUT2D eigenvalue weighted by Gasteiger charge is 1.97. The van der Waals surface area contributed by atoms with Crippen molar-refractivity contribution in [2.45, 2.75) is 0 Å². The molecular formula is C15H14N2O4. The molecule has 0 aliphatic carbocycles. The number of nitrogens with zero attached hydrogens (tertiary/aromatic N) is 1. The minimum atomic E-state index is -1.51. The molecule has 21 heavy (non-hydrogen) atoms. The fraction of sp³-hybridized carbons (Fsp3) is 0. The van der Waals surface area contributed by atoms with E-state index in [0.717, 1.165) is 5.82 Å². The number of benzene rings is 1. The van der Waals surface area contributed by atoms with E-state index in [9.17, 15) is 14.7 Å². The Morgan fingerprint density at radius 2 is 1.71 bits per heavy atom. The van der Waals surface area contributed by atoms with E-state index in [4.69, 9.17) is 5.11 Å². The maximum absolute atomic E-state index is 9.53. The highest BCUT2D eigenvalue weighted by molar-refractivity contribution is 5.88. The lowest BCUT2D eigenvalue weighted by Gasteiger charge is -1.96. The number of para-hydroxylation sites is 1. The Morgan fingerprint density at radius 3 is 2.19 bits per heavy atom. The number of hydrogen-bond donors (Lipinski definition) is 2. The predicted molar refractivity (Wildman–Crippen MR) is 73.7 cm³/mol. The van der Waals surface area contributed by atoms with E-state index in [1.165, 1.54) is 5.69 Å². The number of aromatic nitrogens is 1. The number of rotatable bonds is 4. The summed E-state index contributed by atoms with van der Waals surface area (Å²) in [6.45, 7) is 0. The van der Waals surface area contributed by atoms with Crippen molar-refractivity contribution in [2.24, 2.45) is 0 Å². The first-order valence-corrected chi connectivity index (χ1v) is 6.01. The molecule has 0 bridgehead atoms. The quantitative estimate of drug-likeness (QED) is 0.607. The lowest BCUT2D eigenvalue weighted by atomic mass is 10.3. The van der Waals surface area contributed by atoms with Gasteiger partial charge in [0.05, 0.1) is 5.97 Å². The summed E-state index contributed by atoms with van der Waals surface area (Å²) in [5.41, 5.74) is 1.18. The largest absolute Gasteiger partial charge is 0.545 e. The second kappa shape index (κ2) is 9.00. The predicted octanol–water partition coefficient (Wildman–Crippen LogP) is -0.0147. The lowest BCUT2D eigenvalue weighted by molar-refractivity contribution is -0.483. The Bertz CT molecular complexity index is 544. The average molecular weight is 286 g/mol. The van der Waals surface area contributed by atoms with Crippen molar-refractivity contribution >= 4 is 23.4 Å². The van der Waals surface area contributed by atoms with Crippen LogP contribution >= 0.6 is 0 Å². The van der Waals surface area contributed by atoms with E-state index in [0.29, 0.717) is 12.2 Å². The molecule has 0 saturated heterocycles. The summed E-state index contributed by atoms with van der Waals surface area (Å²) in [5.74, 6) is -1.81. The van der Waals surface area contributed by atoms with Gasteiger partial charge >= 0.3 is 5.97 Å². The first-order chi connectivity index (χ1) is 10.1. The molecule has 0 unspecified atom stereocenters. The summed E-state index contributed by atoms with van der Waals surface area (Å²) in [7, 11) is 0. The summed E-state index contributed by atoms with van der Waals surface area (Å²) in [4.78, 5) is 23.2. The second-order valence-corrected chi connectivity index (χ2v) is 3.80. The Balaban J connectivity index is 0.000000240. The third kappa shape index (κ3) is 7.91. The molecule has 1 aromatic heterocycles. The molecule has 0 amide bonds. The van der Waals surface area contributed by atoms with Gasteiger partial charge in [0.2, 0.25) is 5.82 Å². The topological polar surface area (TPSA) is 107 Å². The summed E-state index contributed by atoms with van der Waals surface area (Å²) in [5, 5.41) is 19.3. The molecule has 2 rings (SSSR count). The van der Waals surface area contributed by atoms with Gasteiger partial charge in [0.15, 0.2) is 0 Å². The van der Waals surface area contributed by atoms with E-state index < -0.39 is 11.9 Å². The van der Waals surface area contributed by atoms with Crippen LogP contribution in [-0.4, -0.2) is 22.0 Å². The number of hydrogen-bond acceptors (Lipinski definition) is 4. The van der Waals surface area contributed by atoms with E-state index in [1.54, 1.807) is 6.20 Å². The maximum atomic E-state index is 9.53. The molecule has 0 aliphatic heterocycles. The third-order valence-electron chi connectivity index (χ3n) is 2.16. The first kappa shape index (κ1) is 16.1. The standard InChI is InChI=1S/C11H10N2.C4H4O4/c1-2-6-10(7-3-1)13-11-8-4-5-9-12-11;5-3(6)1-2-4(7)8/h1-9H,(H,12,13);1-2H,(H,5,6)(H,7,8)/b;2-1+. The summed E-state index contributed by atoms with van der Waals surface area (Å²) in [6.07, 6.45) is 2.74. The smallest absolute Gasteiger partial charge is 0.328 e.